The third-order valence-electron chi connectivity index (χ3n) is 2.83. The van der Waals surface area contributed by atoms with Crippen LogP contribution in [-0.4, -0.2) is 17.6 Å². The van der Waals surface area contributed by atoms with Gasteiger partial charge in [-0.3, -0.25) is 0 Å². The second kappa shape index (κ2) is 3.96. The predicted octanol–water partition coefficient (Wildman–Crippen LogP) is 1.54. The first-order valence-electron chi connectivity index (χ1n) is 5.17. The summed E-state index contributed by atoms with van der Waals surface area (Å²) in [6.45, 7) is 2.87. The first-order valence-corrected chi connectivity index (χ1v) is 5.17. The van der Waals surface area contributed by atoms with Gasteiger partial charge in [-0.15, -0.1) is 0 Å². The standard InChI is InChI=1S/C11H17N3/c1-8-2-3-11(13-7-8)14-10-4-9(5-10)6-12/h2-3,7,9-10H,4-6,12H2,1H3,(H,13,14). The van der Waals surface area contributed by atoms with Crippen molar-refractivity contribution in [1.82, 2.24) is 4.98 Å². The summed E-state index contributed by atoms with van der Waals surface area (Å²) in [5.74, 6) is 1.70. The Morgan fingerprint density at radius 2 is 2.29 bits per heavy atom. The minimum Gasteiger partial charge on any atom is -0.367 e. The van der Waals surface area contributed by atoms with Crippen molar-refractivity contribution in [2.75, 3.05) is 11.9 Å². The maximum atomic E-state index is 5.57. The van der Waals surface area contributed by atoms with Crippen molar-refractivity contribution in [2.24, 2.45) is 11.7 Å². The van der Waals surface area contributed by atoms with E-state index in [1.807, 2.05) is 19.2 Å². The second-order valence-electron chi connectivity index (χ2n) is 4.14. The summed E-state index contributed by atoms with van der Waals surface area (Å²) in [4.78, 5) is 4.31. The summed E-state index contributed by atoms with van der Waals surface area (Å²) in [7, 11) is 0. The maximum absolute atomic E-state index is 5.57. The average molecular weight is 191 g/mol. The molecule has 0 bridgehead atoms. The largest absolute Gasteiger partial charge is 0.367 e. The van der Waals surface area contributed by atoms with Crippen molar-refractivity contribution >= 4 is 5.82 Å². The topological polar surface area (TPSA) is 50.9 Å². The smallest absolute Gasteiger partial charge is 0.126 e. The molecule has 14 heavy (non-hydrogen) atoms. The van der Waals surface area contributed by atoms with E-state index in [0.717, 1.165) is 18.3 Å². The third kappa shape index (κ3) is 2.04. The number of nitrogens with one attached hydrogen (secondary N) is 1. The van der Waals surface area contributed by atoms with E-state index < -0.39 is 0 Å². The van der Waals surface area contributed by atoms with Crippen molar-refractivity contribution in [3.8, 4) is 0 Å². The van der Waals surface area contributed by atoms with E-state index >= 15 is 0 Å². The van der Waals surface area contributed by atoms with Gasteiger partial charge in [0.2, 0.25) is 0 Å². The molecule has 1 fully saturated rings. The van der Waals surface area contributed by atoms with Crippen LogP contribution in [0.5, 0.6) is 0 Å². The Kier molecular flexibility index (Phi) is 2.68. The number of pyridine rings is 1. The fourth-order valence-corrected chi connectivity index (χ4v) is 1.81. The van der Waals surface area contributed by atoms with Crippen molar-refractivity contribution in [3.63, 3.8) is 0 Å². The summed E-state index contributed by atoms with van der Waals surface area (Å²) >= 11 is 0. The number of anilines is 1. The van der Waals surface area contributed by atoms with Crippen LogP contribution < -0.4 is 11.1 Å². The average Bonchev–Trinajstić information content (AvgIpc) is 2.13. The molecule has 0 aromatic carbocycles. The number of nitrogens with zero attached hydrogens (tertiary/aromatic N) is 1. The van der Waals surface area contributed by atoms with Crippen LogP contribution >= 0.6 is 0 Å². The Balaban J connectivity index is 1.84. The van der Waals surface area contributed by atoms with Crippen molar-refractivity contribution in [2.45, 2.75) is 25.8 Å². The molecule has 3 nitrogen and oxygen atoms in total. The van der Waals surface area contributed by atoms with Gasteiger partial charge in [-0.1, -0.05) is 6.07 Å². The van der Waals surface area contributed by atoms with E-state index in [4.69, 9.17) is 5.73 Å². The summed E-state index contributed by atoms with van der Waals surface area (Å²) in [5.41, 5.74) is 6.76. The summed E-state index contributed by atoms with van der Waals surface area (Å²) in [5, 5.41) is 3.40. The highest BCUT2D eigenvalue weighted by Gasteiger charge is 2.27. The molecule has 0 aliphatic heterocycles. The van der Waals surface area contributed by atoms with Gasteiger partial charge >= 0.3 is 0 Å². The van der Waals surface area contributed by atoms with Gasteiger partial charge in [-0.25, -0.2) is 4.98 Å². The van der Waals surface area contributed by atoms with Crippen LogP contribution in [0.2, 0.25) is 0 Å². The highest BCUT2D eigenvalue weighted by atomic mass is 15.0. The zero-order valence-electron chi connectivity index (χ0n) is 8.53. The quantitative estimate of drug-likeness (QED) is 0.762. The van der Waals surface area contributed by atoms with Gasteiger partial charge in [-0.05, 0) is 43.9 Å². The zero-order chi connectivity index (χ0) is 9.97. The van der Waals surface area contributed by atoms with Gasteiger partial charge in [0.15, 0.2) is 0 Å². The van der Waals surface area contributed by atoms with E-state index in [0.29, 0.717) is 6.04 Å². The Hall–Kier alpha value is -1.09. The predicted molar refractivity (Wildman–Crippen MR) is 58.2 cm³/mol. The van der Waals surface area contributed by atoms with Crippen molar-refractivity contribution < 1.29 is 0 Å². The Bertz CT molecular complexity index is 288. The number of aryl methyl sites for hydroxylation is 1. The van der Waals surface area contributed by atoms with Gasteiger partial charge in [0.05, 0.1) is 0 Å². The van der Waals surface area contributed by atoms with Crippen LogP contribution in [0, 0.1) is 12.8 Å². The number of nitrogens with two attached hydrogens (primary N) is 1. The lowest BCUT2D eigenvalue weighted by Gasteiger charge is -2.35. The van der Waals surface area contributed by atoms with E-state index in [-0.39, 0.29) is 0 Å². The second-order valence-corrected chi connectivity index (χ2v) is 4.14. The molecule has 0 amide bonds. The fourth-order valence-electron chi connectivity index (χ4n) is 1.81. The maximum Gasteiger partial charge on any atom is 0.126 e. The minimum absolute atomic E-state index is 0.582. The number of hydrogen-bond donors (Lipinski definition) is 2. The number of rotatable bonds is 3. The van der Waals surface area contributed by atoms with E-state index in [1.165, 1.54) is 18.4 Å². The summed E-state index contributed by atoms with van der Waals surface area (Å²) < 4.78 is 0. The van der Waals surface area contributed by atoms with Gasteiger partial charge < -0.3 is 11.1 Å². The van der Waals surface area contributed by atoms with Gasteiger partial charge in [-0.2, -0.15) is 0 Å². The van der Waals surface area contributed by atoms with Gasteiger partial charge in [0.1, 0.15) is 5.82 Å². The highest BCUT2D eigenvalue weighted by molar-refractivity contribution is 5.37. The molecule has 1 heterocycles. The molecule has 0 unspecified atom stereocenters. The first kappa shape index (κ1) is 9.46. The molecule has 76 valence electrons. The molecule has 1 saturated carbocycles. The van der Waals surface area contributed by atoms with Crippen LogP contribution in [0.25, 0.3) is 0 Å². The fraction of sp³-hybridized carbons (Fsp3) is 0.545. The molecule has 0 atom stereocenters. The van der Waals surface area contributed by atoms with Crippen molar-refractivity contribution in [1.29, 1.82) is 0 Å². The van der Waals surface area contributed by atoms with Crippen LogP contribution in [0.3, 0.4) is 0 Å². The van der Waals surface area contributed by atoms with E-state index in [1.54, 1.807) is 0 Å². The Morgan fingerprint density at radius 1 is 1.50 bits per heavy atom. The van der Waals surface area contributed by atoms with Gasteiger partial charge in [0.25, 0.3) is 0 Å². The normalized spacial score (nSPS) is 25.6. The van der Waals surface area contributed by atoms with E-state index in [9.17, 15) is 0 Å². The van der Waals surface area contributed by atoms with Gasteiger partial charge in [0, 0.05) is 12.2 Å². The molecule has 1 aliphatic carbocycles. The molecule has 1 aromatic heterocycles. The molecule has 0 spiro atoms. The highest BCUT2D eigenvalue weighted by Crippen LogP contribution is 2.28. The third-order valence-corrected chi connectivity index (χ3v) is 2.83. The molecule has 1 aliphatic rings. The minimum atomic E-state index is 0.582. The molecule has 1 aromatic rings. The molecular formula is C11H17N3. The van der Waals surface area contributed by atoms with E-state index in [2.05, 4.69) is 16.4 Å². The molecule has 3 heteroatoms. The van der Waals surface area contributed by atoms with Crippen LogP contribution in [-0.2, 0) is 0 Å². The Labute approximate surface area is 84.7 Å². The lowest BCUT2D eigenvalue weighted by atomic mass is 9.80. The first-order chi connectivity index (χ1) is 6.78. The van der Waals surface area contributed by atoms with Crippen LogP contribution in [0.4, 0.5) is 5.82 Å². The monoisotopic (exact) mass is 191 g/mol. The molecular weight excluding hydrogens is 174 g/mol. The Morgan fingerprint density at radius 3 is 2.86 bits per heavy atom. The SMILES string of the molecule is Cc1ccc(NC2CC(CN)C2)nc1. The zero-order valence-corrected chi connectivity index (χ0v) is 8.53. The summed E-state index contributed by atoms with van der Waals surface area (Å²) in [6.07, 6.45) is 4.26. The lowest BCUT2D eigenvalue weighted by molar-refractivity contribution is 0.291. The van der Waals surface area contributed by atoms with Crippen molar-refractivity contribution in [3.05, 3.63) is 23.9 Å². The molecule has 0 saturated heterocycles. The lowest BCUT2D eigenvalue weighted by Crippen LogP contribution is -2.39. The number of aromatic nitrogens is 1. The van der Waals surface area contributed by atoms with Crippen LogP contribution in [0.1, 0.15) is 18.4 Å². The van der Waals surface area contributed by atoms with Crippen LogP contribution in [0.15, 0.2) is 18.3 Å². The summed E-state index contributed by atoms with van der Waals surface area (Å²) in [6, 6.07) is 4.69. The molecule has 0 radical (unpaired) electrons. The molecule has 2 rings (SSSR count). The molecule has 3 N–H and O–H groups in total. The number of hydrogen-bond acceptors (Lipinski definition) is 3.